The highest BCUT2D eigenvalue weighted by Crippen LogP contribution is 2.21. The number of pyridine rings is 1. The third kappa shape index (κ3) is 17.5. The Morgan fingerprint density at radius 3 is 2.10 bits per heavy atom. The molecule has 2 unspecified atom stereocenters. The lowest BCUT2D eigenvalue weighted by molar-refractivity contribution is -0.701. The normalized spacial score (nSPS) is 16.6. The Hall–Kier alpha value is -1.99. The van der Waals surface area contributed by atoms with E-state index in [1.807, 2.05) is 31.3 Å². The number of rotatable bonds is 25. The van der Waals surface area contributed by atoms with Crippen molar-refractivity contribution in [2.24, 2.45) is 5.92 Å². The van der Waals surface area contributed by atoms with Crippen molar-refractivity contribution >= 4 is 11.9 Å². The zero-order chi connectivity index (χ0) is 29.4. The van der Waals surface area contributed by atoms with E-state index in [-0.39, 0.29) is 31.1 Å². The summed E-state index contributed by atoms with van der Waals surface area (Å²) < 4.78 is 19.0. The van der Waals surface area contributed by atoms with E-state index < -0.39 is 5.97 Å². The van der Waals surface area contributed by atoms with E-state index in [4.69, 9.17) is 14.2 Å². The molecule has 1 aromatic rings. The van der Waals surface area contributed by atoms with Gasteiger partial charge in [0.15, 0.2) is 12.5 Å². The zero-order valence-corrected chi connectivity index (χ0v) is 26.2. The monoisotopic (exact) mass is 575 g/mol. The van der Waals surface area contributed by atoms with Crippen LogP contribution in [0.15, 0.2) is 24.4 Å². The summed E-state index contributed by atoms with van der Waals surface area (Å²) in [6.07, 6.45) is 23.9. The average molecular weight is 576 g/mol. The minimum Gasteiger partial charge on any atom is -0.465 e. The smallest absolute Gasteiger partial charge is 0.315 e. The van der Waals surface area contributed by atoms with Crippen LogP contribution in [0.3, 0.4) is 0 Å². The van der Waals surface area contributed by atoms with E-state index >= 15 is 0 Å². The van der Waals surface area contributed by atoms with Crippen molar-refractivity contribution in [2.75, 3.05) is 19.8 Å². The molecule has 0 saturated carbocycles. The molecule has 0 spiro atoms. The van der Waals surface area contributed by atoms with Crippen LogP contribution in [0.1, 0.15) is 135 Å². The van der Waals surface area contributed by atoms with Crippen LogP contribution in [0.25, 0.3) is 0 Å². The summed E-state index contributed by atoms with van der Waals surface area (Å²) in [6.45, 7) is 7.04. The molecule has 1 amide bonds. The van der Waals surface area contributed by atoms with Crippen molar-refractivity contribution in [1.82, 2.24) is 5.32 Å². The number of carbonyl (C=O) groups excluding carboxylic acids is 2. The van der Waals surface area contributed by atoms with Crippen LogP contribution in [0.4, 0.5) is 0 Å². The highest BCUT2D eigenvalue weighted by Gasteiger charge is 2.27. The number of amides is 1. The molecule has 2 rings (SSSR count). The molecular weight excluding hydrogens is 516 g/mol. The Labute approximate surface area is 250 Å². The lowest BCUT2D eigenvalue weighted by Gasteiger charge is -2.11. The SMILES string of the molecule is CCCCCCCCCCCCCCCCCCOC1CC(COC(=O)CC(=O)NCc2cccc[n+]2CC)CO1. The van der Waals surface area contributed by atoms with Gasteiger partial charge in [0.1, 0.15) is 19.5 Å². The summed E-state index contributed by atoms with van der Waals surface area (Å²) in [7, 11) is 0. The second-order valence-electron chi connectivity index (χ2n) is 11.7. The van der Waals surface area contributed by atoms with Gasteiger partial charge in [-0.25, -0.2) is 4.57 Å². The minimum absolute atomic E-state index is 0.116. The minimum atomic E-state index is -0.503. The van der Waals surface area contributed by atoms with E-state index in [2.05, 4.69) is 16.8 Å². The maximum absolute atomic E-state index is 12.1. The van der Waals surface area contributed by atoms with Gasteiger partial charge in [-0.1, -0.05) is 109 Å². The Kier molecular flexibility index (Phi) is 20.2. The van der Waals surface area contributed by atoms with Crippen molar-refractivity contribution in [3.05, 3.63) is 30.1 Å². The van der Waals surface area contributed by atoms with Crippen molar-refractivity contribution in [3.8, 4) is 0 Å². The summed E-state index contributed by atoms with van der Waals surface area (Å²) in [6, 6.07) is 5.85. The first-order valence-electron chi connectivity index (χ1n) is 16.7. The maximum atomic E-state index is 12.1. The molecule has 41 heavy (non-hydrogen) atoms. The Balaban J connectivity index is 1.36. The van der Waals surface area contributed by atoms with E-state index in [1.165, 1.54) is 96.3 Å². The molecule has 234 valence electrons. The Morgan fingerprint density at radius 1 is 0.878 bits per heavy atom. The molecule has 0 bridgehead atoms. The molecule has 1 saturated heterocycles. The van der Waals surface area contributed by atoms with Gasteiger partial charge in [0.2, 0.25) is 11.6 Å². The van der Waals surface area contributed by atoms with Crippen molar-refractivity contribution in [3.63, 3.8) is 0 Å². The van der Waals surface area contributed by atoms with E-state index in [1.54, 1.807) is 0 Å². The summed E-state index contributed by atoms with van der Waals surface area (Å²) in [4.78, 5) is 24.3. The number of aryl methyl sites for hydroxylation is 1. The molecule has 1 N–H and O–H groups in total. The molecule has 1 aromatic heterocycles. The molecule has 2 atom stereocenters. The average Bonchev–Trinajstić information content (AvgIpc) is 3.44. The van der Waals surface area contributed by atoms with Crippen molar-refractivity contribution in [1.29, 1.82) is 0 Å². The molecule has 1 aliphatic heterocycles. The first-order valence-corrected chi connectivity index (χ1v) is 16.7. The molecule has 0 aliphatic carbocycles. The highest BCUT2D eigenvalue weighted by atomic mass is 16.7. The number of carbonyl (C=O) groups is 2. The lowest BCUT2D eigenvalue weighted by atomic mass is 10.0. The number of hydrogen-bond donors (Lipinski definition) is 1. The fourth-order valence-electron chi connectivity index (χ4n) is 5.37. The second kappa shape index (κ2) is 23.6. The Bertz CT molecular complexity index is 818. The predicted octanol–water partition coefficient (Wildman–Crippen LogP) is 7.18. The molecule has 1 fully saturated rings. The molecule has 7 nitrogen and oxygen atoms in total. The van der Waals surface area contributed by atoms with Gasteiger partial charge in [-0.05, 0) is 13.3 Å². The van der Waals surface area contributed by atoms with E-state index in [0.29, 0.717) is 13.2 Å². The standard InChI is InChI=1S/C34H58N2O5/c1-3-5-6-7-8-9-10-11-12-13-14-15-16-17-18-21-24-39-34-25-30(29-41-34)28-40-33(38)26-32(37)35-27-31-22-19-20-23-36(31)4-2/h19-20,22-23,30,34H,3-18,21,24-29H2,1-2H3/p+1. The molecule has 0 radical (unpaired) electrons. The first-order chi connectivity index (χ1) is 20.1. The van der Waals surface area contributed by atoms with Gasteiger partial charge in [-0.15, -0.1) is 0 Å². The van der Waals surface area contributed by atoms with Crippen LogP contribution in [-0.4, -0.2) is 38.0 Å². The van der Waals surface area contributed by atoms with Gasteiger partial charge in [-0.2, -0.15) is 0 Å². The van der Waals surface area contributed by atoms with E-state index in [9.17, 15) is 9.59 Å². The number of nitrogens with one attached hydrogen (secondary N) is 1. The van der Waals surface area contributed by atoms with Crippen molar-refractivity contribution in [2.45, 2.75) is 149 Å². The second-order valence-corrected chi connectivity index (χ2v) is 11.7. The van der Waals surface area contributed by atoms with Crippen LogP contribution in [0.5, 0.6) is 0 Å². The maximum Gasteiger partial charge on any atom is 0.315 e. The molecule has 1 aliphatic rings. The van der Waals surface area contributed by atoms with Gasteiger partial charge in [-0.3, -0.25) is 9.59 Å². The fraction of sp³-hybridized carbons (Fsp3) is 0.794. The van der Waals surface area contributed by atoms with Gasteiger partial charge in [0.05, 0.1) is 13.2 Å². The summed E-state index contributed by atoms with van der Waals surface area (Å²) in [5.41, 5.74) is 0.991. The topological polar surface area (TPSA) is 77.7 Å². The third-order valence-corrected chi connectivity index (χ3v) is 7.97. The van der Waals surface area contributed by atoms with E-state index in [0.717, 1.165) is 31.7 Å². The van der Waals surface area contributed by atoms with Crippen molar-refractivity contribution < 1.29 is 28.4 Å². The molecule has 2 heterocycles. The quantitative estimate of drug-likeness (QED) is 0.0578. The summed E-state index contributed by atoms with van der Waals surface area (Å²) in [5, 5.41) is 2.80. The molecular formula is C34H59N2O5+. The van der Waals surface area contributed by atoms with Crippen LogP contribution in [0, 0.1) is 5.92 Å². The van der Waals surface area contributed by atoms with Crippen LogP contribution in [0.2, 0.25) is 0 Å². The highest BCUT2D eigenvalue weighted by molar-refractivity contribution is 5.94. The van der Waals surface area contributed by atoms with Gasteiger partial charge in [0, 0.05) is 31.1 Å². The number of hydrogen-bond acceptors (Lipinski definition) is 5. The number of esters is 1. The number of nitrogens with zero attached hydrogens (tertiary/aromatic N) is 1. The lowest BCUT2D eigenvalue weighted by Crippen LogP contribution is -2.40. The molecule has 7 heteroatoms. The number of ether oxygens (including phenoxy) is 3. The summed E-state index contributed by atoms with van der Waals surface area (Å²) >= 11 is 0. The predicted molar refractivity (Wildman–Crippen MR) is 163 cm³/mol. The van der Waals surface area contributed by atoms with Gasteiger partial charge in [0.25, 0.3) is 0 Å². The van der Waals surface area contributed by atoms with Crippen LogP contribution >= 0.6 is 0 Å². The Morgan fingerprint density at radius 2 is 1.49 bits per heavy atom. The number of aromatic nitrogens is 1. The largest absolute Gasteiger partial charge is 0.465 e. The van der Waals surface area contributed by atoms with Gasteiger partial charge < -0.3 is 19.5 Å². The third-order valence-electron chi connectivity index (χ3n) is 7.97. The van der Waals surface area contributed by atoms with Crippen LogP contribution in [-0.2, 0) is 36.9 Å². The van der Waals surface area contributed by atoms with Crippen LogP contribution < -0.4 is 9.88 Å². The fourth-order valence-corrected chi connectivity index (χ4v) is 5.37. The number of unbranched alkanes of at least 4 members (excludes halogenated alkanes) is 15. The van der Waals surface area contributed by atoms with Gasteiger partial charge >= 0.3 is 5.97 Å². The summed E-state index contributed by atoms with van der Waals surface area (Å²) in [5.74, 6) is -0.716. The molecule has 0 aromatic carbocycles. The zero-order valence-electron chi connectivity index (χ0n) is 26.2. The first kappa shape index (κ1) is 35.2.